The third-order valence-corrected chi connectivity index (χ3v) is 3.84. The Hall–Kier alpha value is -1.79. The molecule has 0 unspecified atom stereocenters. The van der Waals surface area contributed by atoms with Gasteiger partial charge in [0.25, 0.3) is 0 Å². The maximum Gasteiger partial charge on any atom is 0.416 e. The maximum absolute atomic E-state index is 13.8. The van der Waals surface area contributed by atoms with Crippen LogP contribution >= 0.6 is 0 Å². The zero-order chi connectivity index (χ0) is 16.6. The average Bonchev–Trinajstić information content (AvgIpc) is 2.29. The van der Waals surface area contributed by atoms with Crippen molar-refractivity contribution in [2.24, 2.45) is 5.41 Å². The second-order valence-corrected chi connectivity index (χ2v) is 5.87. The molecule has 0 heterocycles. The molecular formula is C14H17F4NO2. The van der Waals surface area contributed by atoms with Crippen molar-refractivity contribution < 1.29 is 27.5 Å². The van der Waals surface area contributed by atoms with Crippen molar-refractivity contribution in [3.05, 3.63) is 29.6 Å². The molecule has 0 bridgehead atoms. The molecule has 1 rings (SSSR count). The molecule has 3 nitrogen and oxygen atoms in total. The minimum Gasteiger partial charge on any atom is -0.481 e. The van der Waals surface area contributed by atoms with E-state index in [2.05, 4.69) is 5.32 Å². The van der Waals surface area contributed by atoms with Crippen molar-refractivity contribution in [2.75, 3.05) is 5.32 Å². The fourth-order valence-corrected chi connectivity index (χ4v) is 1.55. The van der Waals surface area contributed by atoms with E-state index in [1.54, 1.807) is 0 Å². The Labute approximate surface area is 120 Å². The third-order valence-electron chi connectivity index (χ3n) is 3.84. The molecule has 0 radical (unpaired) electrons. The summed E-state index contributed by atoms with van der Waals surface area (Å²) in [6.45, 7) is 5.98. The summed E-state index contributed by atoms with van der Waals surface area (Å²) in [6.07, 6.45) is -4.63. The number of carbonyl (C=O) groups is 1. The molecular weight excluding hydrogens is 290 g/mol. The maximum atomic E-state index is 13.8. The molecule has 0 aliphatic rings. The number of halogens is 4. The number of anilines is 1. The zero-order valence-electron chi connectivity index (χ0n) is 12.1. The summed E-state index contributed by atoms with van der Waals surface area (Å²) in [7, 11) is 0. The predicted molar refractivity (Wildman–Crippen MR) is 70.5 cm³/mol. The largest absolute Gasteiger partial charge is 0.481 e. The molecule has 0 saturated heterocycles. The standard InChI is InChI=1S/C14H17F4NO2/c1-12(2,11(20)21)13(3,4)19-10-6-5-8(7-9(10)15)14(16,17)18/h5-7,19H,1-4H3,(H,20,21). The molecule has 118 valence electrons. The van der Waals surface area contributed by atoms with Crippen LogP contribution in [0.15, 0.2) is 18.2 Å². The van der Waals surface area contributed by atoms with Gasteiger partial charge in [-0.3, -0.25) is 4.79 Å². The lowest BCUT2D eigenvalue weighted by atomic mass is 9.74. The first-order chi connectivity index (χ1) is 9.29. The number of hydrogen-bond donors (Lipinski definition) is 2. The summed E-state index contributed by atoms with van der Waals surface area (Å²) in [5.41, 5.74) is -3.62. The fourth-order valence-electron chi connectivity index (χ4n) is 1.55. The lowest BCUT2D eigenvalue weighted by Gasteiger charge is -2.39. The number of rotatable bonds is 4. The van der Waals surface area contributed by atoms with Gasteiger partial charge in [0.05, 0.1) is 16.7 Å². The molecule has 7 heteroatoms. The van der Waals surface area contributed by atoms with Crippen LogP contribution in [0.5, 0.6) is 0 Å². The smallest absolute Gasteiger partial charge is 0.416 e. The number of carboxylic acid groups (broad SMARTS) is 1. The molecule has 0 spiro atoms. The van der Waals surface area contributed by atoms with Crippen LogP contribution in [0.2, 0.25) is 0 Å². The number of nitrogens with one attached hydrogen (secondary N) is 1. The lowest BCUT2D eigenvalue weighted by Crippen LogP contribution is -2.50. The number of alkyl halides is 3. The van der Waals surface area contributed by atoms with Crippen molar-refractivity contribution in [1.29, 1.82) is 0 Å². The van der Waals surface area contributed by atoms with E-state index in [4.69, 9.17) is 0 Å². The minimum absolute atomic E-state index is 0.178. The van der Waals surface area contributed by atoms with Crippen LogP contribution in [0.1, 0.15) is 33.3 Å². The highest BCUT2D eigenvalue weighted by Crippen LogP contribution is 2.36. The summed E-state index contributed by atoms with van der Waals surface area (Å²) < 4.78 is 51.2. The van der Waals surface area contributed by atoms with Gasteiger partial charge in [-0.1, -0.05) is 0 Å². The van der Waals surface area contributed by atoms with E-state index in [9.17, 15) is 27.5 Å². The summed E-state index contributed by atoms with van der Waals surface area (Å²) in [5.74, 6) is -2.19. The molecule has 0 aliphatic carbocycles. The number of benzene rings is 1. The van der Waals surface area contributed by atoms with Gasteiger partial charge in [-0.15, -0.1) is 0 Å². The molecule has 0 saturated carbocycles. The predicted octanol–water partition coefficient (Wildman–Crippen LogP) is 4.15. The molecule has 0 fully saturated rings. The third kappa shape index (κ3) is 3.46. The van der Waals surface area contributed by atoms with E-state index < -0.39 is 34.5 Å². The van der Waals surface area contributed by atoms with Gasteiger partial charge in [0.2, 0.25) is 0 Å². The number of aliphatic carboxylic acids is 1. The van der Waals surface area contributed by atoms with Gasteiger partial charge in [-0.05, 0) is 45.9 Å². The normalized spacial score (nSPS) is 13.1. The fraction of sp³-hybridized carbons (Fsp3) is 0.500. The average molecular weight is 307 g/mol. The Morgan fingerprint density at radius 3 is 2.05 bits per heavy atom. The molecule has 1 aromatic carbocycles. The van der Waals surface area contributed by atoms with E-state index in [-0.39, 0.29) is 5.69 Å². The molecule has 21 heavy (non-hydrogen) atoms. The Balaban J connectivity index is 3.12. The Bertz CT molecular complexity index is 550. The zero-order valence-corrected chi connectivity index (χ0v) is 12.1. The highest BCUT2D eigenvalue weighted by Gasteiger charge is 2.44. The van der Waals surface area contributed by atoms with Crippen molar-refractivity contribution in [2.45, 2.75) is 39.4 Å². The van der Waals surface area contributed by atoms with Gasteiger partial charge in [-0.25, -0.2) is 4.39 Å². The van der Waals surface area contributed by atoms with Crippen molar-refractivity contribution in [1.82, 2.24) is 0 Å². The monoisotopic (exact) mass is 307 g/mol. The first-order valence-electron chi connectivity index (χ1n) is 6.17. The molecule has 0 aromatic heterocycles. The van der Waals surface area contributed by atoms with Gasteiger partial charge >= 0.3 is 12.1 Å². The van der Waals surface area contributed by atoms with E-state index in [1.165, 1.54) is 27.7 Å². The first kappa shape index (κ1) is 17.3. The highest BCUT2D eigenvalue weighted by atomic mass is 19.4. The van der Waals surface area contributed by atoms with Crippen LogP contribution < -0.4 is 5.32 Å². The Morgan fingerprint density at radius 2 is 1.67 bits per heavy atom. The van der Waals surface area contributed by atoms with Gasteiger partial charge < -0.3 is 10.4 Å². The Morgan fingerprint density at radius 1 is 1.14 bits per heavy atom. The summed E-state index contributed by atoms with van der Waals surface area (Å²) in [4.78, 5) is 11.2. The van der Waals surface area contributed by atoms with Gasteiger partial charge in [0.1, 0.15) is 5.82 Å². The van der Waals surface area contributed by atoms with Crippen LogP contribution in [0.3, 0.4) is 0 Å². The molecule has 0 atom stereocenters. The second-order valence-electron chi connectivity index (χ2n) is 5.87. The van der Waals surface area contributed by atoms with Crippen LogP contribution in [0.25, 0.3) is 0 Å². The van der Waals surface area contributed by atoms with E-state index in [0.717, 1.165) is 12.1 Å². The van der Waals surface area contributed by atoms with Gasteiger partial charge in [0, 0.05) is 5.54 Å². The summed E-state index contributed by atoms with van der Waals surface area (Å²) in [6, 6.07) is 2.08. The van der Waals surface area contributed by atoms with Crippen LogP contribution in [0, 0.1) is 11.2 Å². The number of carboxylic acids is 1. The quantitative estimate of drug-likeness (QED) is 0.822. The molecule has 2 N–H and O–H groups in total. The first-order valence-corrected chi connectivity index (χ1v) is 6.17. The van der Waals surface area contributed by atoms with E-state index >= 15 is 0 Å². The molecule has 1 aromatic rings. The van der Waals surface area contributed by atoms with E-state index in [1.807, 2.05) is 0 Å². The van der Waals surface area contributed by atoms with Gasteiger partial charge in [0.15, 0.2) is 0 Å². The highest BCUT2D eigenvalue weighted by molar-refractivity contribution is 5.76. The lowest BCUT2D eigenvalue weighted by molar-refractivity contribution is -0.149. The topological polar surface area (TPSA) is 49.3 Å². The SMILES string of the molecule is CC(C)(Nc1ccc(C(F)(F)F)cc1F)C(C)(C)C(=O)O. The summed E-state index contributed by atoms with van der Waals surface area (Å²) >= 11 is 0. The van der Waals surface area contributed by atoms with E-state index in [0.29, 0.717) is 6.07 Å². The van der Waals surface area contributed by atoms with Crippen molar-refractivity contribution in [3.8, 4) is 0 Å². The van der Waals surface area contributed by atoms with Crippen LogP contribution in [-0.4, -0.2) is 16.6 Å². The van der Waals surface area contributed by atoms with Crippen molar-refractivity contribution in [3.63, 3.8) is 0 Å². The number of hydrogen-bond acceptors (Lipinski definition) is 2. The second kappa shape index (κ2) is 5.20. The van der Waals surface area contributed by atoms with Crippen LogP contribution in [0.4, 0.5) is 23.2 Å². The molecule has 0 amide bonds. The van der Waals surface area contributed by atoms with Crippen LogP contribution in [-0.2, 0) is 11.0 Å². The molecule has 0 aliphatic heterocycles. The summed E-state index contributed by atoms with van der Waals surface area (Å²) in [5, 5.41) is 11.9. The Kier molecular flexibility index (Phi) is 4.27. The minimum atomic E-state index is -4.63. The van der Waals surface area contributed by atoms with Crippen molar-refractivity contribution >= 4 is 11.7 Å². The van der Waals surface area contributed by atoms with Gasteiger partial charge in [-0.2, -0.15) is 13.2 Å².